The maximum absolute atomic E-state index is 12.6. The standard InChI is InChI=1S/C13H16BrN3O2/c1-3-13(4-2)6-10(18)17(12(13)19)11-9(14)5-8(15)7-16-11/h5,7H,3-4,6,15H2,1-2H3. The molecule has 1 saturated heterocycles. The van der Waals surface area contributed by atoms with Gasteiger partial charge in [0.05, 0.1) is 21.8 Å². The van der Waals surface area contributed by atoms with Gasteiger partial charge in [-0.25, -0.2) is 9.88 Å². The van der Waals surface area contributed by atoms with E-state index in [-0.39, 0.29) is 18.2 Å². The van der Waals surface area contributed by atoms with E-state index in [2.05, 4.69) is 20.9 Å². The first-order valence-corrected chi connectivity index (χ1v) is 7.03. The van der Waals surface area contributed by atoms with Gasteiger partial charge in [-0.3, -0.25) is 9.59 Å². The van der Waals surface area contributed by atoms with E-state index in [9.17, 15) is 9.59 Å². The number of carbonyl (C=O) groups is 2. The number of nitrogens with two attached hydrogens (primary N) is 1. The predicted molar refractivity (Wildman–Crippen MR) is 76.5 cm³/mol. The summed E-state index contributed by atoms with van der Waals surface area (Å²) in [4.78, 5) is 30.0. The molecule has 1 aliphatic rings. The maximum atomic E-state index is 12.6. The van der Waals surface area contributed by atoms with Gasteiger partial charge in [-0.15, -0.1) is 0 Å². The molecule has 2 amide bonds. The SMILES string of the molecule is CCC1(CC)CC(=O)N(c2ncc(N)cc2Br)C1=O. The quantitative estimate of drug-likeness (QED) is 0.866. The zero-order chi connectivity index (χ0) is 14.2. The van der Waals surface area contributed by atoms with Crippen molar-refractivity contribution in [2.75, 3.05) is 10.6 Å². The van der Waals surface area contributed by atoms with Crippen LogP contribution in [0.25, 0.3) is 0 Å². The molecule has 1 fully saturated rings. The lowest BCUT2D eigenvalue weighted by Crippen LogP contribution is -2.36. The first-order valence-electron chi connectivity index (χ1n) is 6.23. The predicted octanol–water partition coefficient (Wildman–Crippen LogP) is 2.50. The number of hydrogen-bond acceptors (Lipinski definition) is 4. The van der Waals surface area contributed by atoms with E-state index in [1.54, 1.807) is 6.07 Å². The lowest BCUT2D eigenvalue weighted by Gasteiger charge is -2.23. The summed E-state index contributed by atoms with van der Waals surface area (Å²) in [5.74, 6) is -0.0416. The van der Waals surface area contributed by atoms with Crippen molar-refractivity contribution in [2.45, 2.75) is 33.1 Å². The lowest BCUT2D eigenvalue weighted by atomic mass is 9.81. The van der Waals surface area contributed by atoms with Crippen LogP contribution in [-0.4, -0.2) is 16.8 Å². The Kier molecular flexibility index (Phi) is 3.62. The summed E-state index contributed by atoms with van der Waals surface area (Å²) >= 11 is 3.30. The molecule has 0 aliphatic carbocycles. The van der Waals surface area contributed by atoms with Gasteiger partial charge in [0.1, 0.15) is 0 Å². The van der Waals surface area contributed by atoms with E-state index in [1.165, 1.54) is 11.1 Å². The normalized spacial score (nSPS) is 18.2. The highest BCUT2D eigenvalue weighted by atomic mass is 79.9. The molecule has 5 nitrogen and oxygen atoms in total. The molecular formula is C13H16BrN3O2. The number of nitrogen functional groups attached to an aromatic ring is 1. The van der Waals surface area contributed by atoms with Crippen LogP contribution in [0.4, 0.5) is 11.5 Å². The zero-order valence-corrected chi connectivity index (χ0v) is 12.5. The number of amides is 2. The number of halogens is 1. The number of carbonyl (C=O) groups excluding carboxylic acids is 2. The van der Waals surface area contributed by atoms with Crippen LogP contribution in [0.2, 0.25) is 0 Å². The topological polar surface area (TPSA) is 76.3 Å². The van der Waals surface area contributed by atoms with Crippen LogP contribution in [0.5, 0.6) is 0 Å². The van der Waals surface area contributed by atoms with Gasteiger partial charge in [-0.2, -0.15) is 0 Å². The minimum Gasteiger partial charge on any atom is -0.397 e. The fourth-order valence-electron chi connectivity index (χ4n) is 2.42. The molecule has 1 aromatic rings. The van der Waals surface area contributed by atoms with Gasteiger partial charge in [-0.05, 0) is 34.8 Å². The van der Waals surface area contributed by atoms with E-state index < -0.39 is 5.41 Å². The van der Waals surface area contributed by atoms with Gasteiger partial charge in [0, 0.05) is 6.42 Å². The fourth-order valence-corrected chi connectivity index (χ4v) is 2.97. The van der Waals surface area contributed by atoms with E-state index in [0.717, 1.165) is 0 Å². The Balaban J connectivity index is 2.46. The first-order chi connectivity index (χ1) is 8.95. The molecular weight excluding hydrogens is 310 g/mol. The summed E-state index contributed by atoms with van der Waals surface area (Å²) < 4.78 is 0.553. The molecule has 0 bridgehead atoms. The van der Waals surface area contributed by atoms with Gasteiger partial charge in [0.25, 0.3) is 0 Å². The molecule has 0 aromatic carbocycles. The summed E-state index contributed by atoms with van der Waals surface area (Å²) in [5.41, 5.74) is 5.52. The highest BCUT2D eigenvalue weighted by molar-refractivity contribution is 9.10. The van der Waals surface area contributed by atoms with Crippen molar-refractivity contribution in [3.05, 3.63) is 16.7 Å². The number of nitrogens with zero attached hydrogens (tertiary/aromatic N) is 2. The maximum Gasteiger partial charge on any atom is 0.241 e. The highest BCUT2D eigenvalue weighted by Gasteiger charge is 2.50. The number of aromatic nitrogens is 1. The molecule has 0 atom stereocenters. The Morgan fingerprint density at radius 2 is 2.05 bits per heavy atom. The molecule has 0 spiro atoms. The van der Waals surface area contributed by atoms with Crippen LogP contribution in [0.3, 0.4) is 0 Å². The highest BCUT2D eigenvalue weighted by Crippen LogP contribution is 2.42. The minimum atomic E-state index is -0.584. The molecule has 102 valence electrons. The number of imide groups is 1. The third kappa shape index (κ3) is 2.14. The van der Waals surface area contributed by atoms with Crippen LogP contribution in [0, 0.1) is 5.41 Å². The van der Waals surface area contributed by atoms with Crippen molar-refractivity contribution in [1.29, 1.82) is 0 Å². The van der Waals surface area contributed by atoms with E-state index in [4.69, 9.17) is 5.73 Å². The Bertz CT molecular complexity index is 541. The molecule has 1 aromatic heterocycles. The molecule has 0 saturated carbocycles. The molecule has 6 heteroatoms. The second-order valence-corrected chi connectivity index (χ2v) is 5.63. The Labute approximate surface area is 120 Å². The molecule has 19 heavy (non-hydrogen) atoms. The number of hydrogen-bond donors (Lipinski definition) is 1. The summed E-state index contributed by atoms with van der Waals surface area (Å²) in [5, 5.41) is 0. The fraction of sp³-hybridized carbons (Fsp3) is 0.462. The molecule has 2 N–H and O–H groups in total. The second-order valence-electron chi connectivity index (χ2n) is 4.77. The summed E-state index contributed by atoms with van der Waals surface area (Å²) in [6, 6.07) is 1.64. The average molecular weight is 326 g/mol. The molecule has 0 unspecified atom stereocenters. The zero-order valence-electron chi connectivity index (χ0n) is 10.9. The van der Waals surface area contributed by atoms with E-state index >= 15 is 0 Å². The van der Waals surface area contributed by atoms with Gasteiger partial charge in [-0.1, -0.05) is 13.8 Å². The molecule has 1 aliphatic heterocycles. The van der Waals surface area contributed by atoms with E-state index in [1.807, 2.05) is 13.8 Å². The summed E-state index contributed by atoms with van der Waals surface area (Å²) in [6.45, 7) is 3.87. The van der Waals surface area contributed by atoms with Crippen LogP contribution in [-0.2, 0) is 9.59 Å². The van der Waals surface area contributed by atoms with Gasteiger partial charge < -0.3 is 5.73 Å². The van der Waals surface area contributed by atoms with Crippen molar-refractivity contribution in [2.24, 2.45) is 5.41 Å². The third-order valence-corrected chi connectivity index (χ3v) is 4.39. The third-order valence-electron chi connectivity index (χ3n) is 3.80. The smallest absolute Gasteiger partial charge is 0.241 e. The van der Waals surface area contributed by atoms with E-state index in [0.29, 0.717) is 28.8 Å². The van der Waals surface area contributed by atoms with Crippen LogP contribution < -0.4 is 10.6 Å². The van der Waals surface area contributed by atoms with Crippen LogP contribution >= 0.6 is 15.9 Å². The van der Waals surface area contributed by atoms with Crippen molar-refractivity contribution in [3.8, 4) is 0 Å². The Morgan fingerprint density at radius 1 is 1.42 bits per heavy atom. The van der Waals surface area contributed by atoms with Crippen molar-refractivity contribution in [3.63, 3.8) is 0 Å². The largest absolute Gasteiger partial charge is 0.397 e. The average Bonchev–Trinajstić information content (AvgIpc) is 2.62. The van der Waals surface area contributed by atoms with Gasteiger partial charge >= 0.3 is 0 Å². The van der Waals surface area contributed by atoms with Gasteiger partial charge in [0.15, 0.2) is 5.82 Å². The number of rotatable bonds is 3. The second kappa shape index (κ2) is 4.92. The Morgan fingerprint density at radius 3 is 2.53 bits per heavy atom. The molecule has 0 radical (unpaired) electrons. The number of anilines is 2. The van der Waals surface area contributed by atoms with Crippen molar-refractivity contribution < 1.29 is 9.59 Å². The summed E-state index contributed by atoms with van der Waals surface area (Å²) in [6.07, 6.45) is 2.99. The molecule has 2 heterocycles. The summed E-state index contributed by atoms with van der Waals surface area (Å²) in [7, 11) is 0. The molecule has 2 rings (SSSR count). The van der Waals surface area contributed by atoms with Crippen molar-refractivity contribution >= 4 is 39.2 Å². The Hall–Kier alpha value is -1.43. The lowest BCUT2D eigenvalue weighted by molar-refractivity contribution is -0.126. The van der Waals surface area contributed by atoms with Crippen LogP contribution in [0.15, 0.2) is 16.7 Å². The minimum absolute atomic E-state index is 0.166. The number of pyridine rings is 1. The van der Waals surface area contributed by atoms with Gasteiger partial charge in [0.2, 0.25) is 11.8 Å². The first kappa shape index (κ1) is 14.0. The van der Waals surface area contributed by atoms with Crippen LogP contribution in [0.1, 0.15) is 33.1 Å². The monoisotopic (exact) mass is 325 g/mol. The van der Waals surface area contributed by atoms with Crippen molar-refractivity contribution in [1.82, 2.24) is 4.98 Å².